The number of aryl methyl sites for hydroxylation is 3. The Labute approximate surface area is 249 Å². The van der Waals surface area contributed by atoms with Crippen LogP contribution >= 0.6 is 11.3 Å². The molecule has 42 heavy (non-hydrogen) atoms. The van der Waals surface area contributed by atoms with Crippen molar-refractivity contribution >= 4 is 34.5 Å². The molecule has 1 aliphatic heterocycles. The molecule has 4 aromatic rings. The van der Waals surface area contributed by atoms with E-state index >= 15 is 0 Å². The number of likely N-dealkylation sites (N-methyl/N-ethyl adjacent to an activating group) is 2. The zero-order chi connectivity index (χ0) is 29.4. The molecule has 0 spiro atoms. The summed E-state index contributed by atoms with van der Waals surface area (Å²) in [5, 5.41) is 3.17. The van der Waals surface area contributed by atoms with E-state index in [4.69, 9.17) is 0 Å². The number of hydrogen-bond donors (Lipinski definition) is 1. The van der Waals surface area contributed by atoms with Crippen LogP contribution in [-0.4, -0.2) is 58.2 Å². The van der Waals surface area contributed by atoms with Crippen LogP contribution in [0.1, 0.15) is 50.1 Å². The van der Waals surface area contributed by atoms with Crippen molar-refractivity contribution in [2.24, 2.45) is 7.05 Å². The smallest absolute Gasteiger partial charge is 0.293 e. The Morgan fingerprint density at radius 1 is 1.00 bits per heavy atom. The number of carbonyl (C=O) groups excluding carboxylic acids is 2. The minimum absolute atomic E-state index is 0.0751. The number of ketones is 1. The number of nitrogens with zero attached hydrogens (tertiary/aromatic N) is 4. The Balaban J connectivity index is 1.20. The number of rotatable bonds is 7. The van der Waals surface area contributed by atoms with Crippen molar-refractivity contribution in [1.29, 1.82) is 0 Å². The number of Topliss-reactive ketones (excluding diaryl/α,β-unsaturated/α-hetero) is 1. The highest BCUT2D eigenvalue weighted by Crippen LogP contribution is 2.31. The quantitative estimate of drug-likeness (QED) is 0.309. The van der Waals surface area contributed by atoms with E-state index in [1.807, 2.05) is 62.6 Å². The Bertz CT molecular complexity index is 1680. The molecule has 2 aromatic carbocycles. The highest BCUT2D eigenvalue weighted by atomic mass is 32.1. The van der Waals surface area contributed by atoms with Crippen molar-refractivity contribution in [3.63, 3.8) is 0 Å². The Hall–Kier alpha value is -4.08. The lowest BCUT2D eigenvalue weighted by Gasteiger charge is -2.37. The average Bonchev–Trinajstić information content (AvgIpc) is 3.43. The van der Waals surface area contributed by atoms with E-state index in [1.54, 1.807) is 29.5 Å². The molecular formula is C33H35N5O3S. The first-order valence-corrected chi connectivity index (χ1v) is 15.2. The van der Waals surface area contributed by atoms with Crippen LogP contribution in [0.4, 0.5) is 11.5 Å². The first kappa shape index (κ1) is 28.1. The van der Waals surface area contributed by atoms with Gasteiger partial charge in [-0.15, -0.1) is 11.3 Å². The van der Waals surface area contributed by atoms with Crippen LogP contribution in [0.25, 0.3) is 11.3 Å². The van der Waals surface area contributed by atoms with Crippen LogP contribution in [0, 0.1) is 0 Å². The van der Waals surface area contributed by atoms with Gasteiger partial charge in [-0.25, -0.2) is 4.98 Å². The van der Waals surface area contributed by atoms with E-state index in [0.29, 0.717) is 24.3 Å². The molecule has 0 saturated carbocycles. The summed E-state index contributed by atoms with van der Waals surface area (Å²) in [4.78, 5) is 49.6. The predicted octanol–water partition coefficient (Wildman–Crippen LogP) is 5.00. The van der Waals surface area contributed by atoms with E-state index < -0.39 is 0 Å². The standard InChI is InChI=1S/C33H35N5O3S/c1-36-15-16-37(2)32(40)30(36)22-11-13-25(14-12-22)34-31-33(41)38(3)20-26(35-31)23-9-6-7-21(17-23)18-27(39)29-19-24-8-4-5-10-28(24)42-29/h6-7,9,11-14,17,19-20,30H,4-5,8,10,15-16,18H2,1-3H3,(H,34,35)/t30-/m1/s1. The topological polar surface area (TPSA) is 87.5 Å². The van der Waals surface area contributed by atoms with E-state index in [-0.39, 0.29) is 29.1 Å². The van der Waals surface area contributed by atoms with Gasteiger partial charge in [0.25, 0.3) is 5.56 Å². The molecule has 1 amide bonds. The molecule has 1 fully saturated rings. The van der Waals surface area contributed by atoms with Crippen molar-refractivity contribution in [3.8, 4) is 11.3 Å². The van der Waals surface area contributed by atoms with Gasteiger partial charge in [-0.2, -0.15) is 0 Å². The molecule has 9 heteroatoms. The zero-order valence-electron chi connectivity index (χ0n) is 24.2. The highest BCUT2D eigenvalue weighted by molar-refractivity contribution is 7.14. The monoisotopic (exact) mass is 581 g/mol. The number of hydrogen-bond acceptors (Lipinski definition) is 7. The summed E-state index contributed by atoms with van der Waals surface area (Å²) in [6, 6.07) is 17.1. The molecular weight excluding hydrogens is 546 g/mol. The van der Waals surface area contributed by atoms with Crippen LogP contribution in [-0.2, 0) is 31.1 Å². The number of fused-ring (bicyclic) bond motifs is 1. The van der Waals surface area contributed by atoms with Gasteiger partial charge in [-0.1, -0.05) is 30.3 Å². The van der Waals surface area contributed by atoms with Crippen molar-refractivity contribution in [2.45, 2.75) is 38.1 Å². The van der Waals surface area contributed by atoms with Crippen LogP contribution in [0.3, 0.4) is 0 Å². The van der Waals surface area contributed by atoms with Crippen molar-refractivity contribution in [2.75, 3.05) is 32.5 Å². The summed E-state index contributed by atoms with van der Waals surface area (Å²) in [5.74, 6) is 0.420. The van der Waals surface area contributed by atoms with Gasteiger partial charge < -0.3 is 14.8 Å². The van der Waals surface area contributed by atoms with Crippen molar-refractivity contribution in [3.05, 3.63) is 97.6 Å². The fourth-order valence-electron chi connectivity index (χ4n) is 5.79. The number of carbonyl (C=O) groups is 2. The van der Waals surface area contributed by atoms with Crippen LogP contribution in [0.2, 0.25) is 0 Å². The van der Waals surface area contributed by atoms with Crippen LogP contribution in [0.15, 0.2) is 65.6 Å². The number of anilines is 2. The molecule has 1 aliphatic carbocycles. The highest BCUT2D eigenvalue weighted by Gasteiger charge is 2.31. The van der Waals surface area contributed by atoms with E-state index in [0.717, 1.165) is 41.0 Å². The second kappa shape index (κ2) is 11.7. The molecule has 1 saturated heterocycles. The van der Waals surface area contributed by atoms with Gasteiger partial charge in [-0.3, -0.25) is 19.3 Å². The molecule has 2 aromatic heterocycles. The van der Waals surface area contributed by atoms with E-state index in [1.165, 1.54) is 27.8 Å². The number of amides is 1. The third-order valence-corrected chi connectivity index (χ3v) is 9.54. The lowest BCUT2D eigenvalue weighted by atomic mass is 9.98. The van der Waals surface area contributed by atoms with Crippen LogP contribution in [0.5, 0.6) is 0 Å². The summed E-state index contributed by atoms with van der Waals surface area (Å²) >= 11 is 1.65. The molecule has 2 aliphatic rings. The maximum absolute atomic E-state index is 13.1. The van der Waals surface area contributed by atoms with E-state index in [9.17, 15) is 14.4 Å². The van der Waals surface area contributed by atoms with Gasteiger partial charge in [0.1, 0.15) is 6.04 Å². The minimum Gasteiger partial charge on any atom is -0.343 e. The minimum atomic E-state index is -0.323. The third kappa shape index (κ3) is 5.67. The number of thiophene rings is 1. The summed E-state index contributed by atoms with van der Waals surface area (Å²) < 4.78 is 1.51. The first-order chi connectivity index (χ1) is 20.3. The maximum atomic E-state index is 13.1. The Kier molecular flexibility index (Phi) is 7.79. The molecule has 8 nitrogen and oxygen atoms in total. The van der Waals surface area contributed by atoms with Crippen molar-refractivity contribution in [1.82, 2.24) is 19.4 Å². The Morgan fingerprint density at radius 2 is 1.79 bits per heavy atom. The number of nitrogens with one attached hydrogen (secondary N) is 1. The largest absolute Gasteiger partial charge is 0.343 e. The first-order valence-electron chi connectivity index (χ1n) is 14.4. The molecule has 1 N–H and O–H groups in total. The van der Waals surface area contributed by atoms with Gasteiger partial charge in [-0.05, 0) is 73.7 Å². The third-order valence-electron chi connectivity index (χ3n) is 8.26. The van der Waals surface area contributed by atoms with Gasteiger partial charge in [0.15, 0.2) is 11.6 Å². The molecule has 0 radical (unpaired) electrons. The lowest BCUT2D eigenvalue weighted by molar-refractivity contribution is -0.139. The zero-order valence-corrected chi connectivity index (χ0v) is 25.0. The molecule has 3 heterocycles. The molecule has 216 valence electrons. The number of aromatic nitrogens is 2. The fraction of sp³-hybridized carbons (Fsp3) is 0.333. The molecule has 0 unspecified atom stereocenters. The Morgan fingerprint density at radius 3 is 2.57 bits per heavy atom. The van der Waals surface area contributed by atoms with Crippen LogP contribution < -0.4 is 10.9 Å². The summed E-state index contributed by atoms with van der Waals surface area (Å²) in [5.41, 5.74) is 5.09. The lowest BCUT2D eigenvalue weighted by Crippen LogP contribution is -2.48. The predicted molar refractivity (Wildman–Crippen MR) is 167 cm³/mol. The average molecular weight is 582 g/mol. The number of benzene rings is 2. The molecule has 0 bridgehead atoms. The van der Waals surface area contributed by atoms with Gasteiger partial charge in [0, 0.05) is 55.9 Å². The summed E-state index contributed by atoms with van der Waals surface area (Å²) in [6.45, 7) is 1.53. The fourth-order valence-corrected chi connectivity index (χ4v) is 6.99. The number of piperazine rings is 1. The molecule has 1 atom stereocenters. The SMILES string of the molecule is CN1CCN(C)[C@H](c2ccc(Nc3nc(-c4cccc(CC(=O)c5cc6c(s5)CCCC6)c4)cn(C)c3=O)cc2)C1=O. The molecule has 6 rings (SSSR count). The second-order valence-corrected chi connectivity index (χ2v) is 12.5. The van der Waals surface area contributed by atoms with Gasteiger partial charge in [0.05, 0.1) is 10.6 Å². The van der Waals surface area contributed by atoms with E-state index in [2.05, 4.69) is 21.3 Å². The maximum Gasteiger partial charge on any atom is 0.293 e. The second-order valence-electron chi connectivity index (χ2n) is 11.3. The summed E-state index contributed by atoms with van der Waals surface area (Å²) in [6.07, 6.45) is 6.59. The van der Waals surface area contributed by atoms with Crippen molar-refractivity contribution < 1.29 is 9.59 Å². The van der Waals surface area contributed by atoms with Gasteiger partial charge in [0.2, 0.25) is 5.91 Å². The summed E-state index contributed by atoms with van der Waals surface area (Å²) in [7, 11) is 5.49. The van der Waals surface area contributed by atoms with Gasteiger partial charge >= 0.3 is 0 Å². The normalized spacial score (nSPS) is 17.3.